The minimum Gasteiger partial charge on any atom is -0.423 e. The van der Waals surface area contributed by atoms with Crippen molar-refractivity contribution in [2.75, 3.05) is 0 Å². The molecule has 0 saturated carbocycles. The van der Waals surface area contributed by atoms with E-state index < -0.39 is 12.0 Å². The van der Waals surface area contributed by atoms with Gasteiger partial charge >= 0.3 is 7.12 Å². The lowest BCUT2D eigenvalue weighted by atomic mass is 9.79. The Balaban J connectivity index is 0.000000147. The van der Waals surface area contributed by atoms with Crippen molar-refractivity contribution in [3.05, 3.63) is 121 Å². The van der Waals surface area contributed by atoms with Crippen LogP contribution in [0.1, 0.15) is 11.1 Å². The van der Waals surface area contributed by atoms with Crippen LogP contribution in [0.3, 0.4) is 0 Å². The van der Waals surface area contributed by atoms with Crippen molar-refractivity contribution in [1.29, 1.82) is 0 Å². The van der Waals surface area contributed by atoms with Gasteiger partial charge < -0.3 is 10.0 Å². The molecule has 0 atom stereocenters. The van der Waals surface area contributed by atoms with Crippen LogP contribution in [-0.4, -0.2) is 27.0 Å². The molecule has 2 N–H and O–H groups in total. The molecule has 2 aliphatic rings. The number of benzene rings is 4. The SMILES string of the molecule is Clc1ccc2c(c1)N=NC2.O=[N+]([O-])c1ccccc1-c1ccc2c(c1)N=NC2.O=[N+]([O-])c1ccccc1B(O)O. The number of para-hydroxylation sites is 2. The summed E-state index contributed by atoms with van der Waals surface area (Å²) in [6, 6.07) is 23.4. The molecule has 0 unspecified atom stereocenters. The summed E-state index contributed by atoms with van der Waals surface area (Å²) in [5, 5.41) is 55.1. The summed E-state index contributed by atoms with van der Waals surface area (Å²) in [4.78, 5) is 20.3. The Bertz CT molecular complexity index is 1630. The molecule has 0 amide bonds. The van der Waals surface area contributed by atoms with Crippen LogP contribution < -0.4 is 5.46 Å². The molecule has 4 aromatic rings. The average molecular weight is 559 g/mol. The molecule has 0 radical (unpaired) electrons. The van der Waals surface area contributed by atoms with Crippen molar-refractivity contribution in [1.82, 2.24) is 0 Å². The number of azo groups is 2. The van der Waals surface area contributed by atoms with Gasteiger partial charge in [0, 0.05) is 28.3 Å². The van der Waals surface area contributed by atoms with Crippen molar-refractivity contribution >= 4 is 46.9 Å². The predicted octanol–water partition coefficient (Wildman–Crippen LogP) is 6.07. The second-order valence-corrected chi connectivity index (χ2v) is 8.82. The van der Waals surface area contributed by atoms with Gasteiger partial charge in [-0.25, -0.2) is 0 Å². The van der Waals surface area contributed by atoms with Crippen LogP contribution in [0.25, 0.3) is 11.1 Å². The van der Waals surface area contributed by atoms with E-state index in [4.69, 9.17) is 21.6 Å². The molecular formula is C26H20BClN6O6. The minimum absolute atomic E-state index is 0.0949. The molecule has 2 heterocycles. The number of hydrogen-bond acceptors (Lipinski definition) is 10. The lowest BCUT2D eigenvalue weighted by Gasteiger charge is -2.04. The van der Waals surface area contributed by atoms with Crippen LogP contribution in [0.15, 0.2) is 105 Å². The van der Waals surface area contributed by atoms with Crippen LogP contribution in [0.5, 0.6) is 0 Å². The van der Waals surface area contributed by atoms with E-state index in [9.17, 15) is 20.2 Å². The van der Waals surface area contributed by atoms with E-state index in [0.717, 1.165) is 33.1 Å². The smallest absolute Gasteiger partial charge is 0.423 e. The van der Waals surface area contributed by atoms with Gasteiger partial charge in [0.15, 0.2) is 0 Å². The molecule has 2 aliphatic heterocycles. The molecular weight excluding hydrogens is 539 g/mol. The van der Waals surface area contributed by atoms with E-state index in [0.29, 0.717) is 18.7 Å². The van der Waals surface area contributed by atoms with Gasteiger partial charge in [0.2, 0.25) is 0 Å². The lowest BCUT2D eigenvalue weighted by Crippen LogP contribution is -2.31. The highest BCUT2D eigenvalue weighted by atomic mass is 35.5. The molecule has 6 rings (SSSR count). The predicted molar refractivity (Wildman–Crippen MR) is 149 cm³/mol. The van der Waals surface area contributed by atoms with E-state index in [1.54, 1.807) is 18.2 Å². The zero-order chi connectivity index (χ0) is 28.6. The maximum absolute atomic E-state index is 11.0. The first-order valence-electron chi connectivity index (χ1n) is 11.7. The molecule has 0 spiro atoms. The third-order valence-electron chi connectivity index (χ3n) is 5.80. The topological polar surface area (TPSA) is 176 Å². The van der Waals surface area contributed by atoms with Gasteiger partial charge in [-0.2, -0.15) is 20.5 Å². The molecule has 0 saturated heterocycles. The number of fused-ring (bicyclic) bond motifs is 2. The van der Waals surface area contributed by atoms with Crippen LogP contribution in [0.4, 0.5) is 22.7 Å². The summed E-state index contributed by atoms with van der Waals surface area (Å²) in [5.41, 5.74) is 5.04. The number of nitro benzene ring substituents is 2. The van der Waals surface area contributed by atoms with E-state index in [2.05, 4.69) is 20.5 Å². The van der Waals surface area contributed by atoms with Crippen molar-refractivity contribution in [2.45, 2.75) is 13.1 Å². The zero-order valence-electron chi connectivity index (χ0n) is 20.7. The van der Waals surface area contributed by atoms with Gasteiger partial charge in [-0.3, -0.25) is 20.2 Å². The van der Waals surface area contributed by atoms with Gasteiger partial charge in [-0.1, -0.05) is 60.1 Å². The maximum atomic E-state index is 11.0. The first-order chi connectivity index (χ1) is 19.2. The third-order valence-corrected chi connectivity index (χ3v) is 6.03. The van der Waals surface area contributed by atoms with E-state index >= 15 is 0 Å². The highest BCUT2D eigenvalue weighted by Gasteiger charge is 2.22. The van der Waals surface area contributed by atoms with Gasteiger partial charge in [0.1, 0.15) is 0 Å². The van der Waals surface area contributed by atoms with Crippen LogP contribution in [-0.2, 0) is 13.1 Å². The Labute approximate surface area is 232 Å². The summed E-state index contributed by atoms with van der Waals surface area (Å²) in [7, 11) is -1.80. The molecule has 200 valence electrons. The molecule has 12 nitrogen and oxygen atoms in total. The number of nitrogens with zero attached hydrogens (tertiary/aromatic N) is 6. The lowest BCUT2D eigenvalue weighted by molar-refractivity contribution is -0.384. The second-order valence-electron chi connectivity index (χ2n) is 8.38. The van der Waals surface area contributed by atoms with E-state index in [-0.39, 0.29) is 21.8 Å². The Morgan fingerprint density at radius 2 is 1.27 bits per heavy atom. The monoisotopic (exact) mass is 558 g/mol. The van der Waals surface area contributed by atoms with Crippen molar-refractivity contribution in [3.8, 4) is 11.1 Å². The fraction of sp³-hybridized carbons (Fsp3) is 0.0769. The molecule has 14 heteroatoms. The highest BCUT2D eigenvalue weighted by Crippen LogP contribution is 2.35. The summed E-state index contributed by atoms with van der Waals surface area (Å²) in [6.45, 7) is 1.29. The van der Waals surface area contributed by atoms with Crippen LogP contribution in [0.2, 0.25) is 5.02 Å². The second kappa shape index (κ2) is 12.8. The Kier molecular flexibility index (Phi) is 9.02. The Morgan fingerprint density at radius 1 is 0.725 bits per heavy atom. The van der Waals surface area contributed by atoms with Gasteiger partial charge in [-0.15, -0.1) is 0 Å². The Hall–Kier alpha value is -4.85. The molecule has 0 bridgehead atoms. The van der Waals surface area contributed by atoms with E-state index in [1.165, 1.54) is 30.3 Å². The largest absolute Gasteiger partial charge is 0.495 e. The number of rotatable bonds is 4. The first kappa shape index (κ1) is 28.2. The Morgan fingerprint density at radius 3 is 1.88 bits per heavy atom. The fourth-order valence-corrected chi connectivity index (χ4v) is 4.01. The fourth-order valence-electron chi connectivity index (χ4n) is 3.85. The van der Waals surface area contributed by atoms with Crippen LogP contribution >= 0.6 is 11.6 Å². The summed E-state index contributed by atoms with van der Waals surface area (Å²) in [6.07, 6.45) is 0. The van der Waals surface area contributed by atoms with Gasteiger partial charge in [0.05, 0.1) is 45.3 Å². The molecule has 0 aromatic heterocycles. The molecule has 0 fully saturated rings. The van der Waals surface area contributed by atoms with Crippen molar-refractivity contribution in [3.63, 3.8) is 0 Å². The van der Waals surface area contributed by atoms with Crippen molar-refractivity contribution < 1.29 is 19.9 Å². The number of halogens is 1. The molecule has 0 aliphatic carbocycles. The number of nitro groups is 2. The highest BCUT2D eigenvalue weighted by molar-refractivity contribution is 6.60. The summed E-state index contributed by atoms with van der Waals surface area (Å²) >= 11 is 5.72. The molecule has 4 aromatic carbocycles. The zero-order valence-corrected chi connectivity index (χ0v) is 21.4. The first-order valence-corrected chi connectivity index (χ1v) is 12.1. The maximum Gasteiger partial charge on any atom is 0.495 e. The van der Waals surface area contributed by atoms with Gasteiger partial charge in [0.25, 0.3) is 11.4 Å². The number of hydrogen-bond donors (Lipinski definition) is 2. The standard InChI is InChI=1S/C13H9N3O2.C7H5ClN2.C6H6BNO4/c17-16(18)13-4-2-1-3-11(13)9-5-6-10-8-14-15-12(10)7-9;8-6-2-1-5-4-9-10-7(5)3-6;9-7(10)5-3-1-2-4-6(5)8(11)12/h1-7H,8H2;1-3H,4H2;1-4,9-10H. The minimum atomic E-state index is -1.80. The van der Waals surface area contributed by atoms with Crippen LogP contribution in [0, 0.1) is 20.2 Å². The average Bonchev–Trinajstić information content (AvgIpc) is 3.62. The van der Waals surface area contributed by atoms with Gasteiger partial charge in [-0.05, 0) is 29.8 Å². The summed E-state index contributed by atoms with van der Waals surface area (Å²) in [5.74, 6) is 0. The molecule has 40 heavy (non-hydrogen) atoms. The quantitative estimate of drug-likeness (QED) is 0.174. The summed E-state index contributed by atoms with van der Waals surface area (Å²) < 4.78 is 0. The normalized spacial score (nSPS) is 11.9. The third kappa shape index (κ3) is 6.77. The van der Waals surface area contributed by atoms with E-state index in [1.807, 2.05) is 36.4 Å². The van der Waals surface area contributed by atoms with Crippen molar-refractivity contribution in [2.24, 2.45) is 20.5 Å².